The Balaban J connectivity index is 2.15. The van der Waals surface area contributed by atoms with Crippen molar-refractivity contribution in [2.24, 2.45) is 0 Å². The number of halogens is 1. The van der Waals surface area contributed by atoms with Crippen molar-refractivity contribution in [1.29, 1.82) is 0 Å². The number of amides is 1. The Bertz CT molecular complexity index is 568. The van der Waals surface area contributed by atoms with Gasteiger partial charge in [-0.25, -0.2) is 4.98 Å². The second kappa shape index (κ2) is 4.73. The summed E-state index contributed by atoms with van der Waals surface area (Å²) in [4.78, 5) is 15.7. The third-order valence-electron chi connectivity index (χ3n) is 2.18. The highest BCUT2D eigenvalue weighted by Crippen LogP contribution is 2.20. The molecule has 17 heavy (non-hydrogen) atoms. The number of benzene rings is 1. The first-order valence-corrected chi connectivity index (χ1v) is 6.10. The standard InChI is InChI=1S/C11H10ClN3OS/c1-6-2-3-7(4-8(6)12)14-10(16)9-5-17-11(13)15-9/h2-5H,1H3,(H2,13,15)(H,14,16). The molecule has 4 nitrogen and oxygen atoms in total. The zero-order valence-corrected chi connectivity index (χ0v) is 10.6. The van der Waals surface area contributed by atoms with Crippen LogP contribution < -0.4 is 11.1 Å². The summed E-state index contributed by atoms with van der Waals surface area (Å²) in [5.74, 6) is -0.294. The molecule has 3 N–H and O–H groups in total. The summed E-state index contributed by atoms with van der Waals surface area (Å²) < 4.78 is 0. The fraction of sp³-hybridized carbons (Fsp3) is 0.0909. The Morgan fingerprint density at radius 2 is 2.29 bits per heavy atom. The topological polar surface area (TPSA) is 68.0 Å². The van der Waals surface area contributed by atoms with Crippen molar-refractivity contribution in [1.82, 2.24) is 4.98 Å². The van der Waals surface area contributed by atoms with E-state index in [0.717, 1.165) is 5.56 Å². The Morgan fingerprint density at radius 3 is 2.88 bits per heavy atom. The minimum absolute atomic E-state index is 0.294. The van der Waals surface area contributed by atoms with Crippen LogP contribution in [0.3, 0.4) is 0 Å². The molecule has 0 fully saturated rings. The van der Waals surface area contributed by atoms with Crippen molar-refractivity contribution in [3.63, 3.8) is 0 Å². The molecule has 88 valence electrons. The van der Waals surface area contributed by atoms with Crippen molar-refractivity contribution in [3.05, 3.63) is 39.9 Å². The summed E-state index contributed by atoms with van der Waals surface area (Å²) >= 11 is 7.19. The molecule has 0 atom stereocenters. The number of anilines is 2. The first kappa shape index (κ1) is 11.9. The maximum atomic E-state index is 11.8. The van der Waals surface area contributed by atoms with Gasteiger partial charge in [-0.2, -0.15) is 0 Å². The molecule has 0 saturated heterocycles. The van der Waals surface area contributed by atoms with Crippen molar-refractivity contribution in [2.75, 3.05) is 11.1 Å². The highest BCUT2D eigenvalue weighted by Gasteiger charge is 2.10. The van der Waals surface area contributed by atoms with Crippen molar-refractivity contribution in [3.8, 4) is 0 Å². The minimum Gasteiger partial charge on any atom is -0.375 e. The third-order valence-corrected chi connectivity index (χ3v) is 3.27. The van der Waals surface area contributed by atoms with Gasteiger partial charge in [0, 0.05) is 16.1 Å². The van der Waals surface area contributed by atoms with Gasteiger partial charge in [-0.1, -0.05) is 17.7 Å². The smallest absolute Gasteiger partial charge is 0.275 e. The summed E-state index contributed by atoms with van der Waals surface area (Å²) in [6.07, 6.45) is 0. The summed E-state index contributed by atoms with van der Waals surface area (Å²) in [6.45, 7) is 1.90. The van der Waals surface area contributed by atoms with Crippen LogP contribution >= 0.6 is 22.9 Å². The van der Waals surface area contributed by atoms with Gasteiger partial charge in [0.2, 0.25) is 0 Å². The number of carbonyl (C=O) groups is 1. The van der Waals surface area contributed by atoms with E-state index in [2.05, 4.69) is 10.3 Å². The molecule has 1 aromatic carbocycles. The largest absolute Gasteiger partial charge is 0.375 e. The molecule has 2 aromatic rings. The highest BCUT2D eigenvalue weighted by molar-refractivity contribution is 7.13. The van der Waals surface area contributed by atoms with Crippen LogP contribution in [0.4, 0.5) is 10.8 Å². The van der Waals surface area contributed by atoms with Crippen molar-refractivity contribution < 1.29 is 4.79 Å². The van der Waals surface area contributed by atoms with E-state index < -0.39 is 0 Å². The van der Waals surface area contributed by atoms with Crippen LogP contribution in [0.25, 0.3) is 0 Å². The van der Waals surface area contributed by atoms with E-state index in [-0.39, 0.29) is 5.91 Å². The van der Waals surface area contributed by atoms with E-state index in [1.807, 2.05) is 13.0 Å². The maximum absolute atomic E-state index is 11.8. The van der Waals surface area contributed by atoms with E-state index in [9.17, 15) is 4.79 Å². The van der Waals surface area contributed by atoms with Crippen LogP contribution in [0.15, 0.2) is 23.6 Å². The van der Waals surface area contributed by atoms with Gasteiger partial charge in [-0.15, -0.1) is 11.3 Å². The number of thiazole rings is 1. The molecule has 1 aromatic heterocycles. The molecular formula is C11H10ClN3OS. The molecule has 6 heteroatoms. The summed E-state index contributed by atoms with van der Waals surface area (Å²) in [6, 6.07) is 5.33. The monoisotopic (exact) mass is 267 g/mol. The quantitative estimate of drug-likeness (QED) is 0.879. The van der Waals surface area contributed by atoms with Gasteiger partial charge in [0.25, 0.3) is 5.91 Å². The average Bonchev–Trinajstić information content (AvgIpc) is 2.70. The second-order valence-corrected chi connectivity index (χ2v) is 4.79. The average molecular weight is 268 g/mol. The number of hydrogen-bond donors (Lipinski definition) is 2. The molecule has 0 aliphatic rings. The molecule has 0 bridgehead atoms. The lowest BCUT2D eigenvalue weighted by atomic mass is 10.2. The van der Waals surface area contributed by atoms with Gasteiger partial charge >= 0.3 is 0 Å². The number of rotatable bonds is 2. The van der Waals surface area contributed by atoms with Crippen LogP contribution in [0.5, 0.6) is 0 Å². The molecule has 1 heterocycles. The Labute approximate surface area is 107 Å². The third kappa shape index (κ3) is 2.75. The Morgan fingerprint density at radius 1 is 1.53 bits per heavy atom. The first-order chi connectivity index (χ1) is 8.06. The lowest BCUT2D eigenvalue weighted by molar-refractivity contribution is 0.102. The van der Waals surface area contributed by atoms with Crippen LogP contribution in [-0.2, 0) is 0 Å². The molecule has 0 aliphatic carbocycles. The SMILES string of the molecule is Cc1ccc(NC(=O)c2csc(N)n2)cc1Cl. The lowest BCUT2D eigenvalue weighted by Crippen LogP contribution is -2.12. The van der Waals surface area contributed by atoms with Gasteiger partial charge in [0.15, 0.2) is 5.13 Å². The van der Waals surface area contributed by atoms with Crippen LogP contribution in [0.2, 0.25) is 5.02 Å². The number of nitrogens with two attached hydrogens (primary N) is 1. The van der Waals surface area contributed by atoms with Gasteiger partial charge in [-0.3, -0.25) is 4.79 Å². The summed E-state index contributed by atoms with van der Waals surface area (Å²) in [7, 11) is 0. The van der Waals surface area contributed by atoms with Crippen molar-refractivity contribution in [2.45, 2.75) is 6.92 Å². The van der Waals surface area contributed by atoms with Crippen LogP contribution in [0.1, 0.15) is 16.1 Å². The number of nitrogen functional groups attached to an aromatic ring is 1. The first-order valence-electron chi connectivity index (χ1n) is 4.85. The number of hydrogen-bond acceptors (Lipinski definition) is 4. The fourth-order valence-electron chi connectivity index (χ4n) is 1.26. The summed E-state index contributed by atoms with van der Waals surface area (Å²) in [5, 5.41) is 5.30. The zero-order chi connectivity index (χ0) is 12.4. The highest BCUT2D eigenvalue weighted by atomic mass is 35.5. The number of aryl methyl sites for hydroxylation is 1. The molecule has 1 amide bonds. The molecule has 0 spiro atoms. The molecule has 0 aliphatic heterocycles. The van der Waals surface area contributed by atoms with E-state index in [1.165, 1.54) is 11.3 Å². The number of nitrogens with one attached hydrogen (secondary N) is 1. The van der Waals surface area contributed by atoms with E-state index in [1.54, 1.807) is 17.5 Å². The molecular weight excluding hydrogens is 258 g/mol. The predicted octanol–water partition coefficient (Wildman–Crippen LogP) is 2.94. The number of carbonyl (C=O) groups excluding carboxylic acids is 1. The van der Waals surface area contributed by atoms with E-state index in [0.29, 0.717) is 21.5 Å². The van der Waals surface area contributed by atoms with Crippen LogP contribution in [0, 0.1) is 6.92 Å². The maximum Gasteiger partial charge on any atom is 0.275 e. The van der Waals surface area contributed by atoms with Gasteiger partial charge < -0.3 is 11.1 Å². The number of nitrogens with zero attached hydrogens (tertiary/aromatic N) is 1. The van der Waals surface area contributed by atoms with Crippen molar-refractivity contribution >= 4 is 39.7 Å². The van der Waals surface area contributed by atoms with E-state index >= 15 is 0 Å². The van der Waals surface area contributed by atoms with Gasteiger partial charge in [0.05, 0.1) is 0 Å². The predicted molar refractivity (Wildman–Crippen MR) is 70.7 cm³/mol. The molecule has 2 rings (SSSR count). The van der Waals surface area contributed by atoms with E-state index in [4.69, 9.17) is 17.3 Å². The Kier molecular flexibility index (Phi) is 3.31. The number of aromatic nitrogens is 1. The minimum atomic E-state index is -0.294. The summed E-state index contributed by atoms with van der Waals surface area (Å²) in [5.41, 5.74) is 7.37. The molecule has 0 unspecified atom stereocenters. The Hall–Kier alpha value is -1.59. The van der Waals surface area contributed by atoms with Crippen LogP contribution in [-0.4, -0.2) is 10.9 Å². The molecule has 0 saturated carbocycles. The van der Waals surface area contributed by atoms with Gasteiger partial charge in [-0.05, 0) is 24.6 Å². The lowest BCUT2D eigenvalue weighted by Gasteiger charge is -2.05. The second-order valence-electron chi connectivity index (χ2n) is 3.49. The normalized spacial score (nSPS) is 10.2. The fourth-order valence-corrected chi connectivity index (χ4v) is 1.98. The zero-order valence-electron chi connectivity index (χ0n) is 9.03. The van der Waals surface area contributed by atoms with Gasteiger partial charge in [0.1, 0.15) is 5.69 Å². The molecule has 0 radical (unpaired) electrons.